The summed E-state index contributed by atoms with van der Waals surface area (Å²) in [6.45, 7) is 2.02. The number of hydrogen-bond acceptors (Lipinski definition) is 2. The van der Waals surface area contributed by atoms with Crippen LogP contribution in [0.2, 0.25) is 0 Å². The Morgan fingerprint density at radius 1 is 1.38 bits per heavy atom. The van der Waals surface area contributed by atoms with Gasteiger partial charge in [0, 0.05) is 18.2 Å². The molecule has 0 atom stereocenters. The Bertz CT molecular complexity index is 559. The van der Waals surface area contributed by atoms with Crippen molar-refractivity contribution in [3.05, 3.63) is 35.4 Å². The third-order valence-electron chi connectivity index (χ3n) is 3.90. The third-order valence-corrected chi connectivity index (χ3v) is 3.90. The van der Waals surface area contributed by atoms with Gasteiger partial charge in [0.1, 0.15) is 0 Å². The molecule has 0 aromatic heterocycles. The summed E-state index contributed by atoms with van der Waals surface area (Å²) in [4.78, 5) is 22.5. The molecule has 1 aliphatic rings. The van der Waals surface area contributed by atoms with Crippen LogP contribution in [-0.2, 0) is 16.0 Å². The Labute approximate surface area is 124 Å². The van der Waals surface area contributed by atoms with Gasteiger partial charge in [0.15, 0.2) is 0 Å². The molecule has 0 unspecified atom stereocenters. The lowest BCUT2D eigenvalue weighted by atomic mass is 9.83. The van der Waals surface area contributed by atoms with Gasteiger partial charge in [-0.3, -0.25) is 4.79 Å². The summed E-state index contributed by atoms with van der Waals surface area (Å²) in [5, 5.41) is 11.6. The van der Waals surface area contributed by atoms with Crippen LogP contribution in [0.4, 0.5) is 5.69 Å². The molecule has 0 aliphatic heterocycles. The van der Waals surface area contributed by atoms with Crippen LogP contribution in [0.1, 0.15) is 43.7 Å². The quantitative estimate of drug-likeness (QED) is 0.787. The molecule has 4 heteroatoms. The third kappa shape index (κ3) is 4.45. The summed E-state index contributed by atoms with van der Waals surface area (Å²) in [5.74, 6) is -0.345. The zero-order valence-electron chi connectivity index (χ0n) is 12.3. The van der Waals surface area contributed by atoms with Crippen LogP contribution >= 0.6 is 0 Å². The van der Waals surface area contributed by atoms with E-state index in [1.165, 1.54) is 6.42 Å². The summed E-state index contributed by atoms with van der Waals surface area (Å²) in [7, 11) is 0. The molecule has 1 aromatic rings. The van der Waals surface area contributed by atoms with E-state index in [9.17, 15) is 9.59 Å². The molecular formula is C17H21NO3. The van der Waals surface area contributed by atoms with Gasteiger partial charge in [0.2, 0.25) is 5.91 Å². The molecule has 1 amide bonds. The van der Waals surface area contributed by atoms with Crippen LogP contribution in [0.5, 0.6) is 0 Å². The number of rotatable bonds is 6. The molecule has 1 fully saturated rings. The van der Waals surface area contributed by atoms with Gasteiger partial charge in [-0.15, -0.1) is 0 Å². The Morgan fingerprint density at radius 3 is 2.71 bits per heavy atom. The second-order valence-electron chi connectivity index (χ2n) is 5.49. The largest absolute Gasteiger partial charge is 0.478 e. The maximum atomic E-state index is 12.0. The SMILES string of the molecule is CCc1cc(/C=C/C(=O)O)ccc1NC(=O)CC1CCC1. The first kappa shape index (κ1) is 15.3. The van der Waals surface area contributed by atoms with Crippen molar-refractivity contribution in [2.24, 2.45) is 5.92 Å². The number of carbonyl (C=O) groups excluding carboxylic acids is 1. The highest BCUT2D eigenvalue weighted by Crippen LogP contribution is 2.30. The van der Waals surface area contributed by atoms with Crippen LogP contribution in [0.3, 0.4) is 0 Å². The molecule has 4 nitrogen and oxygen atoms in total. The van der Waals surface area contributed by atoms with Crippen molar-refractivity contribution in [3.63, 3.8) is 0 Å². The van der Waals surface area contributed by atoms with E-state index in [1.807, 2.05) is 25.1 Å². The topological polar surface area (TPSA) is 66.4 Å². The first-order valence-electron chi connectivity index (χ1n) is 7.42. The molecule has 0 bridgehead atoms. The average Bonchev–Trinajstić information content (AvgIpc) is 2.41. The van der Waals surface area contributed by atoms with Gasteiger partial charge in [-0.05, 0) is 54.5 Å². The lowest BCUT2D eigenvalue weighted by Crippen LogP contribution is -2.21. The summed E-state index contributed by atoms with van der Waals surface area (Å²) in [5.41, 5.74) is 2.67. The zero-order valence-corrected chi connectivity index (χ0v) is 12.3. The molecule has 112 valence electrons. The maximum Gasteiger partial charge on any atom is 0.328 e. The zero-order chi connectivity index (χ0) is 15.2. The minimum atomic E-state index is -0.967. The van der Waals surface area contributed by atoms with Gasteiger partial charge in [-0.1, -0.05) is 19.4 Å². The van der Waals surface area contributed by atoms with E-state index in [1.54, 1.807) is 6.08 Å². The van der Waals surface area contributed by atoms with Crippen LogP contribution in [0, 0.1) is 5.92 Å². The molecule has 21 heavy (non-hydrogen) atoms. The first-order valence-corrected chi connectivity index (χ1v) is 7.42. The number of carboxylic acid groups (broad SMARTS) is 1. The standard InChI is InChI=1S/C17H21NO3/c1-2-14-10-13(7-9-17(20)21)6-8-15(14)18-16(19)11-12-4-3-5-12/h6-10,12H,2-5,11H2,1H3,(H,18,19)(H,20,21)/b9-7+. The monoisotopic (exact) mass is 287 g/mol. The van der Waals surface area contributed by atoms with Crippen LogP contribution in [-0.4, -0.2) is 17.0 Å². The fourth-order valence-corrected chi connectivity index (χ4v) is 2.46. The molecule has 1 saturated carbocycles. The summed E-state index contributed by atoms with van der Waals surface area (Å²) in [6, 6.07) is 5.58. The Kier molecular flexibility index (Phi) is 5.14. The number of amides is 1. The van der Waals surface area contributed by atoms with Crippen molar-refractivity contribution >= 4 is 23.6 Å². The smallest absolute Gasteiger partial charge is 0.328 e. The molecule has 1 aliphatic carbocycles. The highest BCUT2D eigenvalue weighted by molar-refractivity contribution is 5.92. The normalized spacial score (nSPS) is 14.9. The van der Waals surface area contributed by atoms with Crippen molar-refractivity contribution in [1.29, 1.82) is 0 Å². The summed E-state index contributed by atoms with van der Waals surface area (Å²) < 4.78 is 0. The lowest BCUT2D eigenvalue weighted by molar-refractivity contribution is -0.131. The molecular weight excluding hydrogens is 266 g/mol. The fourth-order valence-electron chi connectivity index (χ4n) is 2.46. The Hall–Kier alpha value is -2.10. The van der Waals surface area contributed by atoms with E-state index in [2.05, 4.69) is 5.32 Å². The molecule has 2 N–H and O–H groups in total. The van der Waals surface area contributed by atoms with Gasteiger partial charge in [0.25, 0.3) is 0 Å². The van der Waals surface area contributed by atoms with Crippen molar-refractivity contribution in [3.8, 4) is 0 Å². The van der Waals surface area contributed by atoms with Gasteiger partial charge in [-0.2, -0.15) is 0 Å². The van der Waals surface area contributed by atoms with Crippen LogP contribution in [0.25, 0.3) is 6.08 Å². The number of nitrogens with one attached hydrogen (secondary N) is 1. The molecule has 0 heterocycles. The van der Waals surface area contributed by atoms with E-state index in [4.69, 9.17) is 5.11 Å². The number of carboxylic acids is 1. The predicted octanol–water partition coefficient (Wildman–Crippen LogP) is 3.48. The highest BCUT2D eigenvalue weighted by atomic mass is 16.4. The lowest BCUT2D eigenvalue weighted by Gasteiger charge is -2.24. The van der Waals surface area contributed by atoms with Gasteiger partial charge in [0.05, 0.1) is 0 Å². The first-order chi connectivity index (χ1) is 10.1. The van der Waals surface area contributed by atoms with Crippen molar-refractivity contribution < 1.29 is 14.7 Å². The number of hydrogen-bond donors (Lipinski definition) is 2. The Morgan fingerprint density at radius 2 is 2.14 bits per heavy atom. The van der Waals surface area contributed by atoms with Crippen molar-refractivity contribution in [2.75, 3.05) is 5.32 Å². The van der Waals surface area contributed by atoms with E-state index in [0.29, 0.717) is 12.3 Å². The van der Waals surface area contributed by atoms with E-state index in [-0.39, 0.29) is 5.91 Å². The van der Waals surface area contributed by atoms with E-state index < -0.39 is 5.97 Å². The van der Waals surface area contributed by atoms with Crippen LogP contribution < -0.4 is 5.32 Å². The second-order valence-corrected chi connectivity index (χ2v) is 5.49. The van der Waals surface area contributed by atoms with Crippen molar-refractivity contribution in [2.45, 2.75) is 39.0 Å². The summed E-state index contributed by atoms with van der Waals surface area (Å²) >= 11 is 0. The Balaban J connectivity index is 2.04. The number of benzene rings is 1. The van der Waals surface area contributed by atoms with E-state index >= 15 is 0 Å². The number of aliphatic carboxylic acids is 1. The minimum Gasteiger partial charge on any atom is -0.478 e. The van der Waals surface area contributed by atoms with Crippen molar-refractivity contribution in [1.82, 2.24) is 0 Å². The molecule has 0 saturated heterocycles. The molecule has 1 aromatic carbocycles. The van der Waals surface area contributed by atoms with Gasteiger partial charge in [-0.25, -0.2) is 4.79 Å². The predicted molar refractivity (Wildman–Crippen MR) is 83.1 cm³/mol. The van der Waals surface area contributed by atoms with Gasteiger partial charge >= 0.3 is 5.97 Å². The maximum absolute atomic E-state index is 12.0. The molecule has 2 rings (SSSR count). The summed E-state index contributed by atoms with van der Waals surface area (Å²) in [6.07, 6.45) is 7.62. The second kappa shape index (κ2) is 7.07. The average molecular weight is 287 g/mol. The molecule has 0 radical (unpaired) electrons. The fraction of sp³-hybridized carbons (Fsp3) is 0.412. The molecule has 0 spiro atoms. The van der Waals surface area contributed by atoms with E-state index in [0.717, 1.165) is 42.2 Å². The highest BCUT2D eigenvalue weighted by Gasteiger charge is 2.20. The number of carbonyl (C=O) groups is 2. The van der Waals surface area contributed by atoms with Gasteiger partial charge < -0.3 is 10.4 Å². The number of aryl methyl sites for hydroxylation is 1. The minimum absolute atomic E-state index is 0.0724. The van der Waals surface area contributed by atoms with Crippen LogP contribution in [0.15, 0.2) is 24.3 Å². The number of anilines is 1.